The van der Waals surface area contributed by atoms with Gasteiger partial charge in [-0.05, 0) is 22.9 Å². The summed E-state index contributed by atoms with van der Waals surface area (Å²) < 4.78 is 0. The molecule has 0 saturated carbocycles. The maximum Gasteiger partial charge on any atom is 0.251 e. The van der Waals surface area contributed by atoms with Crippen LogP contribution in [0.15, 0.2) is 42.5 Å². The molecule has 0 aliphatic heterocycles. The smallest absolute Gasteiger partial charge is 0.251 e. The van der Waals surface area contributed by atoms with Crippen LogP contribution in [0.1, 0.15) is 24.2 Å². The van der Waals surface area contributed by atoms with Crippen LogP contribution in [-0.4, -0.2) is 24.9 Å². The lowest BCUT2D eigenvalue weighted by Crippen LogP contribution is -2.36. The Kier molecular flexibility index (Phi) is 4.93. The number of rotatable bonds is 5. The second kappa shape index (κ2) is 6.88. The number of benzene rings is 2. The summed E-state index contributed by atoms with van der Waals surface area (Å²) in [4.78, 5) is 23.4. The monoisotopic (exact) mass is 284 g/mol. The normalized spacial score (nSPS) is 10.6. The van der Waals surface area contributed by atoms with Gasteiger partial charge in [0.15, 0.2) is 0 Å². The molecule has 4 nitrogen and oxygen atoms in total. The maximum atomic E-state index is 12.0. The van der Waals surface area contributed by atoms with E-state index in [0.29, 0.717) is 18.7 Å². The molecule has 2 amide bonds. The first-order valence-electron chi connectivity index (χ1n) is 7.12. The first-order valence-corrected chi connectivity index (χ1v) is 7.12. The SMILES string of the molecule is CC(C)C(=O)NCCNC(=O)c1ccc2ccccc2c1. The van der Waals surface area contributed by atoms with E-state index in [1.54, 1.807) is 0 Å². The molecular formula is C17H20N2O2. The van der Waals surface area contributed by atoms with Crippen molar-refractivity contribution in [2.75, 3.05) is 13.1 Å². The molecule has 4 heteroatoms. The largest absolute Gasteiger partial charge is 0.354 e. The second-order valence-corrected chi connectivity index (χ2v) is 5.26. The molecule has 2 aromatic carbocycles. The van der Waals surface area contributed by atoms with Gasteiger partial charge in [0.25, 0.3) is 5.91 Å². The summed E-state index contributed by atoms with van der Waals surface area (Å²) in [5.74, 6) is -0.171. The Morgan fingerprint density at radius 1 is 0.952 bits per heavy atom. The molecule has 21 heavy (non-hydrogen) atoms. The quantitative estimate of drug-likeness (QED) is 0.828. The van der Waals surface area contributed by atoms with Crippen LogP contribution in [0.3, 0.4) is 0 Å². The fraction of sp³-hybridized carbons (Fsp3) is 0.294. The van der Waals surface area contributed by atoms with Gasteiger partial charge in [-0.15, -0.1) is 0 Å². The topological polar surface area (TPSA) is 58.2 Å². The average molecular weight is 284 g/mol. The van der Waals surface area contributed by atoms with Crippen molar-refractivity contribution < 1.29 is 9.59 Å². The van der Waals surface area contributed by atoms with E-state index in [1.807, 2.05) is 56.3 Å². The molecule has 0 aliphatic carbocycles. The van der Waals surface area contributed by atoms with E-state index in [-0.39, 0.29) is 17.7 Å². The van der Waals surface area contributed by atoms with Gasteiger partial charge in [-0.1, -0.05) is 44.2 Å². The summed E-state index contributed by atoms with van der Waals surface area (Å²) in [7, 11) is 0. The molecule has 0 fully saturated rings. The van der Waals surface area contributed by atoms with Crippen LogP contribution in [0.2, 0.25) is 0 Å². The number of fused-ring (bicyclic) bond motifs is 1. The van der Waals surface area contributed by atoms with Crippen LogP contribution in [0, 0.1) is 5.92 Å². The number of amides is 2. The summed E-state index contributed by atoms with van der Waals surface area (Å²) >= 11 is 0. The van der Waals surface area contributed by atoms with Gasteiger partial charge in [0.05, 0.1) is 0 Å². The van der Waals surface area contributed by atoms with Crippen molar-refractivity contribution in [1.82, 2.24) is 10.6 Å². The summed E-state index contributed by atoms with van der Waals surface area (Å²) in [6, 6.07) is 13.5. The van der Waals surface area contributed by atoms with Gasteiger partial charge in [-0.25, -0.2) is 0 Å². The van der Waals surface area contributed by atoms with E-state index < -0.39 is 0 Å². The number of carbonyl (C=O) groups excluding carboxylic acids is 2. The maximum absolute atomic E-state index is 12.0. The number of carbonyl (C=O) groups is 2. The zero-order valence-electron chi connectivity index (χ0n) is 12.3. The van der Waals surface area contributed by atoms with Gasteiger partial charge in [0.1, 0.15) is 0 Å². The van der Waals surface area contributed by atoms with Gasteiger partial charge in [-0.2, -0.15) is 0 Å². The van der Waals surface area contributed by atoms with E-state index in [2.05, 4.69) is 10.6 Å². The summed E-state index contributed by atoms with van der Waals surface area (Å²) in [5.41, 5.74) is 0.629. The Morgan fingerprint density at radius 3 is 2.33 bits per heavy atom. The molecule has 0 heterocycles. The van der Waals surface area contributed by atoms with Crippen LogP contribution < -0.4 is 10.6 Å². The molecule has 2 N–H and O–H groups in total. The molecule has 0 spiro atoms. The highest BCUT2D eigenvalue weighted by Gasteiger charge is 2.07. The van der Waals surface area contributed by atoms with Crippen molar-refractivity contribution >= 4 is 22.6 Å². The minimum absolute atomic E-state index is 0.00467. The molecule has 0 aliphatic rings. The lowest BCUT2D eigenvalue weighted by Gasteiger charge is -2.09. The van der Waals surface area contributed by atoms with Gasteiger partial charge in [0, 0.05) is 24.6 Å². The lowest BCUT2D eigenvalue weighted by molar-refractivity contribution is -0.123. The Hall–Kier alpha value is -2.36. The highest BCUT2D eigenvalue weighted by Crippen LogP contribution is 2.15. The van der Waals surface area contributed by atoms with Crippen molar-refractivity contribution in [3.05, 3.63) is 48.0 Å². The number of nitrogens with one attached hydrogen (secondary N) is 2. The van der Waals surface area contributed by atoms with Crippen molar-refractivity contribution in [2.24, 2.45) is 5.92 Å². The van der Waals surface area contributed by atoms with Crippen molar-refractivity contribution in [3.8, 4) is 0 Å². The molecule has 0 saturated heterocycles. The van der Waals surface area contributed by atoms with Crippen molar-refractivity contribution in [2.45, 2.75) is 13.8 Å². The molecule has 0 bridgehead atoms. The van der Waals surface area contributed by atoms with Crippen LogP contribution in [0.5, 0.6) is 0 Å². The first-order chi connectivity index (χ1) is 10.1. The van der Waals surface area contributed by atoms with E-state index in [4.69, 9.17) is 0 Å². The summed E-state index contributed by atoms with van der Waals surface area (Å²) in [6.45, 7) is 4.53. The third-order valence-electron chi connectivity index (χ3n) is 3.25. The molecule has 110 valence electrons. The Labute approximate surface area is 124 Å². The third kappa shape index (κ3) is 4.05. The average Bonchev–Trinajstić information content (AvgIpc) is 2.50. The minimum atomic E-state index is -0.125. The van der Waals surface area contributed by atoms with Gasteiger partial charge in [-0.3, -0.25) is 9.59 Å². The fourth-order valence-corrected chi connectivity index (χ4v) is 2.00. The van der Waals surface area contributed by atoms with Gasteiger partial charge >= 0.3 is 0 Å². The highest BCUT2D eigenvalue weighted by molar-refractivity contribution is 5.98. The van der Waals surface area contributed by atoms with Crippen LogP contribution in [0.25, 0.3) is 10.8 Å². The van der Waals surface area contributed by atoms with E-state index in [9.17, 15) is 9.59 Å². The number of hydrogen-bond acceptors (Lipinski definition) is 2. The van der Waals surface area contributed by atoms with Crippen LogP contribution in [0.4, 0.5) is 0 Å². The number of hydrogen-bond donors (Lipinski definition) is 2. The molecular weight excluding hydrogens is 264 g/mol. The zero-order chi connectivity index (χ0) is 15.2. The first kappa shape index (κ1) is 15.0. The Bertz CT molecular complexity index is 650. The standard InChI is InChI=1S/C17H20N2O2/c1-12(2)16(20)18-9-10-19-17(21)15-8-7-13-5-3-4-6-14(13)11-15/h3-8,11-12H,9-10H2,1-2H3,(H,18,20)(H,19,21). The second-order valence-electron chi connectivity index (χ2n) is 5.26. The highest BCUT2D eigenvalue weighted by atomic mass is 16.2. The van der Waals surface area contributed by atoms with Gasteiger partial charge < -0.3 is 10.6 Å². The Balaban J connectivity index is 1.89. The van der Waals surface area contributed by atoms with Crippen molar-refractivity contribution in [3.63, 3.8) is 0 Å². The van der Waals surface area contributed by atoms with E-state index in [1.165, 1.54) is 0 Å². The third-order valence-corrected chi connectivity index (χ3v) is 3.25. The molecule has 0 unspecified atom stereocenters. The van der Waals surface area contributed by atoms with Crippen molar-refractivity contribution in [1.29, 1.82) is 0 Å². The molecule has 0 radical (unpaired) electrons. The Morgan fingerprint density at radius 2 is 1.62 bits per heavy atom. The predicted octanol–water partition coefficient (Wildman–Crippen LogP) is 2.34. The van der Waals surface area contributed by atoms with E-state index in [0.717, 1.165) is 10.8 Å². The molecule has 2 rings (SSSR count). The minimum Gasteiger partial charge on any atom is -0.354 e. The van der Waals surface area contributed by atoms with E-state index >= 15 is 0 Å². The van der Waals surface area contributed by atoms with Crippen LogP contribution in [-0.2, 0) is 4.79 Å². The fourth-order valence-electron chi connectivity index (χ4n) is 2.00. The zero-order valence-corrected chi connectivity index (χ0v) is 12.3. The molecule has 0 atom stereocenters. The predicted molar refractivity (Wildman–Crippen MR) is 84.1 cm³/mol. The lowest BCUT2D eigenvalue weighted by atomic mass is 10.1. The summed E-state index contributed by atoms with van der Waals surface area (Å²) in [6.07, 6.45) is 0. The molecule has 0 aromatic heterocycles. The van der Waals surface area contributed by atoms with Gasteiger partial charge in [0.2, 0.25) is 5.91 Å². The molecule has 2 aromatic rings. The summed E-state index contributed by atoms with van der Waals surface area (Å²) in [5, 5.41) is 7.72. The van der Waals surface area contributed by atoms with Crippen LogP contribution >= 0.6 is 0 Å².